The summed E-state index contributed by atoms with van der Waals surface area (Å²) in [6.45, 7) is 6.27. The van der Waals surface area contributed by atoms with E-state index in [4.69, 9.17) is 16.3 Å². The van der Waals surface area contributed by atoms with Gasteiger partial charge in [-0.2, -0.15) is 0 Å². The van der Waals surface area contributed by atoms with Crippen LogP contribution in [0.5, 0.6) is 0 Å². The van der Waals surface area contributed by atoms with E-state index in [1.54, 1.807) is 0 Å². The lowest BCUT2D eigenvalue weighted by atomic mass is 10.0. The highest BCUT2D eigenvalue weighted by Gasteiger charge is 2.26. The standard InChI is InChI=1S/C17H24ClN3O2.ClH/c18-15-4-2-1-3-14(15)16-13-19-6-8-20(16)7-5-17(22)21-9-11-23-12-10-21;/h1-4,16,19H,5-13H2;1H. The Morgan fingerprint density at radius 2 is 2.00 bits per heavy atom. The van der Waals surface area contributed by atoms with Gasteiger partial charge >= 0.3 is 0 Å². The normalized spacial score (nSPS) is 22.0. The predicted octanol–water partition coefficient (Wildman–Crippen LogP) is 1.96. The van der Waals surface area contributed by atoms with E-state index in [0.29, 0.717) is 32.7 Å². The largest absolute Gasteiger partial charge is 0.378 e. The van der Waals surface area contributed by atoms with Crippen molar-refractivity contribution in [2.45, 2.75) is 12.5 Å². The van der Waals surface area contributed by atoms with Gasteiger partial charge in [-0.15, -0.1) is 12.4 Å². The maximum atomic E-state index is 12.4. The summed E-state index contributed by atoms with van der Waals surface area (Å²) in [4.78, 5) is 16.6. The van der Waals surface area contributed by atoms with Gasteiger partial charge in [0, 0.05) is 56.8 Å². The van der Waals surface area contributed by atoms with Gasteiger partial charge < -0.3 is 15.0 Å². The lowest BCUT2D eigenvalue weighted by Gasteiger charge is -2.37. The van der Waals surface area contributed by atoms with Gasteiger partial charge in [0.05, 0.1) is 13.2 Å². The molecule has 1 unspecified atom stereocenters. The van der Waals surface area contributed by atoms with Crippen molar-refractivity contribution in [2.75, 3.05) is 52.5 Å². The van der Waals surface area contributed by atoms with Crippen molar-refractivity contribution in [1.29, 1.82) is 0 Å². The van der Waals surface area contributed by atoms with Gasteiger partial charge in [-0.25, -0.2) is 0 Å². The van der Waals surface area contributed by atoms with Crippen molar-refractivity contribution < 1.29 is 9.53 Å². The third kappa shape index (κ3) is 4.83. The molecule has 1 aromatic carbocycles. The van der Waals surface area contributed by atoms with Crippen LogP contribution in [0.25, 0.3) is 0 Å². The lowest BCUT2D eigenvalue weighted by molar-refractivity contribution is -0.135. The van der Waals surface area contributed by atoms with Crippen molar-refractivity contribution in [3.8, 4) is 0 Å². The number of nitrogens with one attached hydrogen (secondary N) is 1. The first-order chi connectivity index (χ1) is 11.3. The van der Waals surface area contributed by atoms with Crippen LogP contribution in [0.2, 0.25) is 5.02 Å². The van der Waals surface area contributed by atoms with E-state index in [1.807, 2.05) is 23.1 Å². The van der Waals surface area contributed by atoms with Crippen LogP contribution < -0.4 is 5.32 Å². The van der Waals surface area contributed by atoms with E-state index in [1.165, 1.54) is 0 Å². The van der Waals surface area contributed by atoms with Crippen LogP contribution >= 0.6 is 24.0 Å². The highest BCUT2D eigenvalue weighted by Crippen LogP contribution is 2.28. The van der Waals surface area contributed by atoms with Gasteiger partial charge in [-0.3, -0.25) is 9.69 Å². The van der Waals surface area contributed by atoms with E-state index >= 15 is 0 Å². The fraction of sp³-hybridized carbons (Fsp3) is 0.588. The number of halogens is 2. The maximum absolute atomic E-state index is 12.4. The molecule has 7 heteroatoms. The van der Waals surface area contributed by atoms with E-state index in [2.05, 4.69) is 16.3 Å². The topological polar surface area (TPSA) is 44.8 Å². The first-order valence-electron chi connectivity index (χ1n) is 8.30. The lowest BCUT2D eigenvalue weighted by Crippen LogP contribution is -2.48. The van der Waals surface area contributed by atoms with Crippen molar-refractivity contribution in [3.63, 3.8) is 0 Å². The second-order valence-electron chi connectivity index (χ2n) is 6.02. The van der Waals surface area contributed by atoms with Gasteiger partial charge in [-0.05, 0) is 11.6 Å². The monoisotopic (exact) mass is 373 g/mol. The van der Waals surface area contributed by atoms with E-state index in [0.717, 1.165) is 36.8 Å². The van der Waals surface area contributed by atoms with Crippen LogP contribution in [-0.2, 0) is 9.53 Å². The number of carbonyl (C=O) groups is 1. The SMILES string of the molecule is Cl.O=C(CCN1CCNCC1c1ccccc1Cl)N1CCOCC1. The fourth-order valence-electron chi connectivity index (χ4n) is 3.28. The molecule has 0 aliphatic carbocycles. The molecule has 1 atom stereocenters. The Hall–Kier alpha value is -0.850. The summed E-state index contributed by atoms with van der Waals surface area (Å²) in [5.74, 6) is 0.227. The number of piperazine rings is 1. The Morgan fingerprint density at radius 1 is 1.25 bits per heavy atom. The van der Waals surface area contributed by atoms with Gasteiger partial charge in [0.25, 0.3) is 0 Å². The number of hydrogen-bond donors (Lipinski definition) is 1. The van der Waals surface area contributed by atoms with Crippen molar-refractivity contribution in [1.82, 2.24) is 15.1 Å². The van der Waals surface area contributed by atoms with Crippen molar-refractivity contribution in [3.05, 3.63) is 34.9 Å². The zero-order valence-electron chi connectivity index (χ0n) is 13.7. The molecule has 2 aliphatic heterocycles. The number of rotatable bonds is 4. The molecule has 0 radical (unpaired) electrons. The minimum atomic E-state index is 0. The summed E-state index contributed by atoms with van der Waals surface area (Å²) in [6.07, 6.45) is 0.557. The molecule has 2 aliphatic rings. The molecule has 0 bridgehead atoms. The van der Waals surface area contributed by atoms with Crippen LogP contribution in [0.3, 0.4) is 0 Å². The van der Waals surface area contributed by atoms with Gasteiger partial charge in [0.2, 0.25) is 5.91 Å². The summed E-state index contributed by atoms with van der Waals surface area (Å²) in [5.41, 5.74) is 1.14. The molecule has 1 N–H and O–H groups in total. The van der Waals surface area contributed by atoms with Crippen LogP contribution in [0, 0.1) is 0 Å². The molecule has 0 spiro atoms. The number of hydrogen-bond acceptors (Lipinski definition) is 4. The fourth-order valence-corrected chi connectivity index (χ4v) is 3.54. The molecule has 1 aromatic rings. The zero-order chi connectivity index (χ0) is 16.1. The third-order valence-corrected chi connectivity index (χ3v) is 4.94. The maximum Gasteiger partial charge on any atom is 0.224 e. The average molecular weight is 374 g/mol. The molecular weight excluding hydrogens is 349 g/mol. The Bertz CT molecular complexity index is 538. The van der Waals surface area contributed by atoms with E-state index in [9.17, 15) is 4.79 Å². The molecule has 5 nitrogen and oxygen atoms in total. The molecule has 1 amide bonds. The molecule has 2 saturated heterocycles. The van der Waals surface area contributed by atoms with Gasteiger partial charge in [-0.1, -0.05) is 29.8 Å². The third-order valence-electron chi connectivity index (χ3n) is 4.60. The summed E-state index contributed by atoms with van der Waals surface area (Å²) >= 11 is 6.36. The molecular formula is C17H25Cl2N3O2. The highest BCUT2D eigenvalue weighted by atomic mass is 35.5. The molecule has 2 fully saturated rings. The van der Waals surface area contributed by atoms with Crippen LogP contribution in [0.4, 0.5) is 0 Å². The molecule has 0 aromatic heterocycles. The number of amides is 1. The van der Waals surface area contributed by atoms with Crippen LogP contribution in [0.1, 0.15) is 18.0 Å². The van der Waals surface area contributed by atoms with Gasteiger partial charge in [0.1, 0.15) is 0 Å². The molecule has 0 saturated carbocycles. The summed E-state index contributed by atoms with van der Waals surface area (Å²) in [7, 11) is 0. The Morgan fingerprint density at radius 3 is 2.75 bits per heavy atom. The molecule has 2 heterocycles. The van der Waals surface area contributed by atoms with Gasteiger partial charge in [0.15, 0.2) is 0 Å². The van der Waals surface area contributed by atoms with Crippen molar-refractivity contribution in [2.24, 2.45) is 0 Å². The number of morpholine rings is 1. The number of carbonyl (C=O) groups excluding carboxylic acids is 1. The van der Waals surface area contributed by atoms with E-state index in [-0.39, 0.29) is 24.4 Å². The van der Waals surface area contributed by atoms with Crippen LogP contribution in [-0.4, -0.2) is 68.2 Å². The molecule has 24 heavy (non-hydrogen) atoms. The molecule has 134 valence electrons. The number of nitrogens with zero attached hydrogens (tertiary/aromatic N) is 2. The Balaban J connectivity index is 0.00000208. The van der Waals surface area contributed by atoms with Crippen LogP contribution in [0.15, 0.2) is 24.3 Å². The molecule has 3 rings (SSSR count). The first kappa shape index (κ1) is 19.5. The highest BCUT2D eigenvalue weighted by molar-refractivity contribution is 6.31. The Labute approximate surface area is 154 Å². The minimum absolute atomic E-state index is 0. The first-order valence-corrected chi connectivity index (χ1v) is 8.68. The number of ether oxygens (including phenoxy) is 1. The second-order valence-corrected chi connectivity index (χ2v) is 6.43. The predicted molar refractivity (Wildman–Crippen MR) is 97.9 cm³/mol. The number of benzene rings is 1. The summed E-state index contributed by atoms with van der Waals surface area (Å²) in [6, 6.07) is 8.22. The quantitative estimate of drug-likeness (QED) is 0.875. The Kier molecular flexibility index (Phi) is 7.78. The zero-order valence-corrected chi connectivity index (χ0v) is 15.3. The minimum Gasteiger partial charge on any atom is -0.378 e. The summed E-state index contributed by atoms with van der Waals surface area (Å²) in [5, 5.41) is 4.23. The van der Waals surface area contributed by atoms with Crippen molar-refractivity contribution >= 4 is 29.9 Å². The smallest absolute Gasteiger partial charge is 0.224 e. The van der Waals surface area contributed by atoms with E-state index < -0.39 is 0 Å². The second kappa shape index (κ2) is 9.59. The average Bonchev–Trinajstić information content (AvgIpc) is 2.61. The summed E-state index contributed by atoms with van der Waals surface area (Å²) < 4.78 is 5.31.